The highest BCUT2D eigenvalue weighted by Gasteiger charge is 2.07. The molecular weight excluding hydrogens is 266 g/mol. The van der Waals surface area contributed by atoms with Crippen LogP contribution >= 0.6 is 0 Å². The normalized spacial score (nSPS) is 10.6. The molecule has 3 rings (SSSR count). The van der Waals surface area contributed by atoms with E-state index in [0.717, 1.165) is 33.7 Å². The Hall–Kier alpha value is -2.69. The fourth-order valence-corrected chi connectivity index (χ4v) is 2.31. The van der Waals surface area contributed by atoms with Crippen LogP contribution in [0.15, 0.2) is 42.6 Å². The molecule has 2 aromatic carbocycles. The van der Waals surface area contributed by atoms with Crippen molar-refractivity contribution in [3.63, 3.8) is 0 Å². The Morgan fingerprint density at radius 3 is 2.86 bits per heavy atom. The first kappa shape index (κ1) is 13.3. The third kappa shape index (κ3) is 2.63. The highest BCUT2D eigenvalue weighted by Crippen LogP contribution is 2.27. The molecule has 0 saturated heterocycles. The molecule has 0 bridgehead atoms. The number of aromatic amines is 1. The van der Waals surface area contributed by atoms with E-state index < -0.39 is 0 Å². The van der Waals surface area contributed by atoms with E-state index in [2.05, 4.69) is 15.5 Å². The number of rotatable bonds is 5. The summed E-state index contributed by atoms with van der Waals surface area (Å²) in [5, 5.41) is 11.5. The van der Waals surface area contributed by atoms with Crippen molar-refractivity contribution in [1.29, 1.82) is 0 Å². The molecule has 0 unspecified atom stereocenters. The van der Waals surface area contributed by atoms with Gasteiger partial charge in [0.2, 0.25) is 0 Å². The van der Waals surface area contributed by atoms with Gasteiger partial charge in [-0.25, -0.2) is 0 Å². The molecule has 1 aromatic heterocycles. The minimum atomic E-state index is 0.664. The molecular formula is C16H17N3O2. The van der Waals surface area contributed by atoms with Crippen LogP contribution in [-0.2, 0) is 6.54 Å². The van der Waals surface area contributed by atoms with Crippen molar-refractivity contribution in [1.82, 2.24) is 10.2 Å². The van der Waals surface area contributed by atoms with Crippen molar-refractivity contribution >= 4 is 16.6 Å². The largest absolute Gasteiger partial charge is 0.497 e. The topological polar surface area (TPSA) is 59.2 Å². The Kier molecular flexibility index (Phi) is 3.64. The number of fused-ring (bicyclic) bond motifs is 1. The van der Waals surface area contributed by atoms with Gasteiger partial charge in [-0.15, -0.1) is 0 Å². The first-order chi connectivity index (χ1) is 10.3. The molecule has 21 heavy (non-hydrogen) atoms. The second kappa shape index (κ2) is 5.75. The van der Waals surface area contributed by atoms with E-state index in [1.54, 1.807) is 14.2 Å². The molecule has 0 aliphatic rings. The Morgan fingerprint density at radius 1 is 1.14 bits per heavy atom. The van der Waals surface area contributed by atoms with Gasteiger partial charge in [0.25, 0.3) is 0 Å². The van der Waals surface area contributed by atoms with E-state index in [-0.39, 0.29) is 0 Å². The number of nitrogens with one attached hydrogen (secondary N) is 2. The molecule has 0 aliphatic carbocycles. The molecule has 0 amide bonds. The third-order valence-corrected chi connectivity index (χ3v) is 3.45. The van der Waals surface area contributed by atoms with Crippen LogP contribution in [-0.4, -0.2) is 24.4 Å². The predicted octanol–water partition coefficient (Wildman–Crippen LogP) is 3.19. The average Bonchev–Trinajstić information content (AvgIpc) is 3.01. The van der Waals surface area contributed by atoms with Crippen molar-refractivity contribution in [2.24, 2.45) is 0 Å². The Balaban J connectivity index is 1.83. The van der Waals surface area contributed by atoms with Crippen LogP contribution < -0.4 is 14.8 Å². The molecule has 0 aliphatic heterocycles. The average molecular weight is 283 g/mol. The number of aromatic nitrogens is 2. The second-order valence-electron chi connectivity index (χ2n) is 4.67. The minimum absolute atomic E-state index is 0.664. The van der Waals surface area contributed by atoms with Gasteiger partial charge >= 0.3 is 0 Å². The molecule has 0 radical (unpaired) electrons. The highest BCUT2D eigenvalue weighted by atomic mass is 16.5. The maximum Gasteiger partial charge on any atom is 0.127 e. The number of benzene rings is 2. The van der Waals surface area contributed by atoms with Gasteiger partial charge in [-0.1, -0.05) is 6.07 Å². The van der Waals surface area contributed by atoms with E-state index in [1.165, 1.54) is 0 Å². The predicted molar refractivity (Wildman–Crippen MR) is 83.0 cm³/mol. The van der Waals surface area contributed by atoms with E-state index in [1.807, 2.05) is 42.6 Å². The Bertz CT molecular complexity index is 752. The summed E-state index contributed by atoms with van der Waals surface area (Å²) in [6.07, 6.45) is 1.82. The van der Waals surface area contributed by atoms with Crippen molar-refractivity contribution in [2.75, 3.05) is 19.5 Å². The maximum atomic E-state index is 5.41. The van der Waals surface area contributed by atoms with Gasteiger partial charge < -0.3 is 14.8 Å². The quantitative estimate of drug-likeness (QED) is 0.755. The molecule has 108 valence electrons. The molecule has 0 spiro atoms. The first-order valence-electron chi connectivity index (χ1n) is 6.68. The molecule has 5 nitrogen and oxygen atoms in total. The van der Waals surface area contributed by atoms with Crippen molar-refractivity contribution in [3.05, 3.63) is 48.2 Å². The third-order valence-electron chi connectivity index (χ3n) is 3.45. The zero-order valence-electron chi connectivity index (χ0n) is 12.0. The SMILES string of the molecule is COc1ccc(CNc2cccc3[nH]ncc23)c(OC)c1. The number of anilines is 1. The molecule has 5 heteroatoms. The van der Waals surface area contributed by atoms with Gasteiger partial charge in [-0.2, -0.15) is 5.10 Å². The summed E-state index contributed by atoms with van der Waals surface area (Å²) in [6.45, 7) is 0.664. The molecule has 1 heterocycles. The number of ether oxygens (including phenoxy) is 2. The van der Waals surface area contributed by atoms with Crippen LogP contribution in [0.25, 0.3) is 10.9 Å². The van der Waals surface area contributed by atoms with Crippen LogP contribution in [0, 0.1) is 0 Å². The van der Waals surface area contributed by atoms with Gasteiger partial charge in [0.1, 0.15) is 11.5 Å². The summed E-state index contributed by atoms with van der Waals surface area (Å²) < 4.78 is 10.6. The van der Waals surface area contributed by atoms with Gasteiger partial charge in [0, 0.05) is 29.2 Å². The monoisotopic (exact) mass is 283 g/mol. The molecule has 0 fully saturated rings. The lowest BCUT2D eigenvalue weighted by atomic mass is 10.1. The van der Waals surface area contributed by atoms with Crippen LogP contribution in [0.3, 0.4) is 0 Å². The Morgan fingerprint density at radius 2 is 2.05 bits per heavy atom. The van der Waals surface area contributed by atoms with Crippen molar-refractivity contribution < 1.29 is 9.47 Å². The number of H-pyrrole nitrogens is 1. The van der Waals surface area contributed by atoms with E-state index in [4.69, 9.17) is 9.47 Å². The van der Waals surface area contributed by atoms with Gasteiger partial charge in [-0.3, -0.25) is 5.10 Å². The maximum absolute atomic E-state index is 5.41. The lowest BCUT2D eigenvalue weighted by Gasteiger charge is -2.12. The van der Waals surface area contributed by atoms with E-state index in [0.29, 0.717) is 6.54 Å². The van der Waals surface area contributed by atoms with Crippen LogP contribution in [0.5, 0.6) is 11.5 Å². The van der Waals surface area contributed by atoms with Gasteiger partial charge in [0.15, 0.2) is 0 Å². The van der Waals surface area contributed by atoms with Gasteiger partial charge in [0.05, 0.1) is 25.9 Å². The molecule has 2 N–H and O–H groups in total. The first-order valence-corrected chi connectivity index (χ1v) is 6.68. The van der Waals surface area contributed by atoms with Crippen LogP contribution in [0.2, 0.25) is 0 Å². The summed E-state index contributed by atoms with van der Waals surface area (Å²) in [5.41, 5.74) is 3.12. The van der Waals surface area contributed by atoms with E-state index in [9.17, 15) is 0 Å². The number of hydrogen-bond acceptors (Lipinski definition) is 4. The fraction of sp³-hybridized carbons (Fsp3) is 0.188. The molecule has 0 saturated carbocycles. The highest BCUT2D eigenvalue weighted by molar-refractivity contribution is 5.90. The zero-order chi connectivity index (χ0) is 14.7. The van der Waals surface area contributed by atoms with E-state index >= 15 is 0 Å². The van der Waals surface area contributed by atoms with Gasteiger partial charge in [-0.05, 0) is 24.3 Å². The van der Waals surface area contributed by atoms with Crippen molar-refractivity contribution in [2.45, 2.75) is 6.54 Å². The number of nitrogens with zero attached hydrogens (tertiary/aromatic N) is 1. The minimum Gasteiger partial charge on any atom is -0.497 e. The molecule has 0 atom stereocenters. The van der Waals surface area contributed by atoms with Crippen molar-refractivity contribution in [3.8, 4) is 11.5 Å². The summed E-state index contributed by atoms with van der Waals surface area (Å²) >= 11 is 0. The van der Waals surface area contributed by atoms with Crippen LogP contribution in [0.4, 0.5) is 5.69 Å². The summed E-state index contributed by atoms with van der Waals surface area (Å²) in [6, 6.07) is 11.8. The number of methoxy groups -OCH3 is 2. The summed E-state index contributed by atoms with van der Waals surface area (Å²) in [7, 11) is 3.31. The summed E-state index contributed by atoms with van der Waals surface area (Å²) in [5.74, 6) is 1.59. The lowest BCUT2D eigenvalue weighted by molar-refractivity contribution is 0.391. The fourth-order valence-electron chi connectivity index (χ4n) is 2.31. The standard InChI is InChI=1S/C16H17N3O2/c1-20-12-7-6-11(16(8-12)21-2)9-17-14-4-3-5-15-13(14)10-18-19-15/h3-8,10,17H,9H2,1-2H3,(H,18,19). The second-order valence-corrected chi connectivity index (χ2v) is 4.67. The lowest BCUT2D eigenvalue weighted by Crippen LogP contribution is -2.02. The van der Waals surface area contributed by atoms with Crippen LogP contribution in [0.1, 0.15) is 5.56 Å². The molecule has 3 aromatic rings. The Labute approximate surface area is 122 Å². The number of hydrogen-bond donors (Lipinski definition) is 2. The zero-order valence-corrected chi connectivity index (χ0v) is 12.0. The smallest absolute Gasteiger partial charge is 0.127 e. The summed E-state index contributed by atoms with van der Waals surface area (Å²) in [4.78, 5) is 0.